The number of nitrogens with two attached hydrogens (primary N) is 1. The Morgan fingerprint density at radius 2 is 2.15 bits per heavy atom. The molecule has 1 saturated carbocycles. The van der Waals surface area contributed by atoms with Gasteiger partial charge in [0.2, 0.25) is 0 Å². The molecule has 1 atom stereocenters. The van der Waals surface area contributed by atoms with Crippen LogP contribution in [0, 0.1) is 17.6 Å². The first-order chi connectivity index (χ1) is 9.61. The summed E-state index contributed by atoms with van der Waals surface area (Å²) in [5, 5.41) is 3.19. The van der Waals surface area contributed by atoms with Crippen LogP contribution in [-0.2, 0) is 6.54 Å². The third-order valence-electron chi connectivity index (χ3n) is 3.90. The van der Waals surface area contributed by atoms with Crippen molar-refractivity contribution >= 4 is 6.34 Å². The fraction of sp³-hybridized carbons (Fsp3) is 0.533. The van der Waals surface area contributed by atoms with Gasteiger partial charge in [0.25, 0.3) is 0 Å². The van der Waals surface area contributed by atoms with E-state index in [9.17, 15) is 8.78 Å². The first kappa shape index (κ1) is 14.9. The molecule has 1 aliphatic carbocycles. The summed E-state index contributed by atoms with van der Waals surface area (Å²) in [6.07, 6.45) is 4.86. The van der Waals surface area contributed by atoms with Crippen molar-refractivity contribution in [1.82, 2.24) is 5.32 Å². The Labute approximate surface area is 118 Å². The zero-order chi connectivity index (χ0) is 14.5. The molecule has 1 aliphatic rings. The van der Waals surface area contributed by atoms with E-state index < -0.39 is 17.7 Å². The molecule has 0 aromatic heterocycles. The highest BCUT2D eigenvalue weighted by Crippen LogP contribution is 2.26. The van der Waals surface area contributed by atoms with Crippen LogP contribution in [0.3, 0.4) is 0 Å². The van der Waals surface area contributed by atoms with Crippen molar-refractivity contribution in [3.8, 4) is 0 Å². The number of nitrogens with one attached hydrogen (secondary N) is 1. The van der Waals surface area contributed by atoms with Gasteiger partial charge < -0.3 is 11.1 Å². The normalized spacial score (nSPS) is 17.4. The molecule has 0 heterocycles. The van der Waals surface area contributed by atoms with Crippen molar-refractivity contribution in [2.24, 2.45) is 16.6 Å². The number of hydrogen-bond donors (Lipinski definition) is 2. The zero-order valence-electron chi connectivity index (χ0n) is 11.7. The van der Waals surface area contributed by atoms with E-state index in [1.54, 1.807) is 6.92 Å². The topological polar surface area (TPSA) is 50.4 Å². The van der Waals surface area contributed by atoms with Crippen molar-refractivity contribution in [1.29, 1.82) is 0 Å². The third kappa shape index (κ3) is 3.54. The van der Waals surface area contributed by atoms with E-state index in [4.69, 9.17) is 5.73 Å². The molecule has 1 fully saturated rings. The quantitative estimate of drug-likeness (QED) is 0.622. The van der Waals surface area contributed by atoms with Gasteiger partial charge in [-0.1, -0.05) is 6.42 Å². The first-order valence-corrected chi connectivity index (χ1v) is 7.03. The summed E-state index contributed by atoms with van der Waals surface area (Å²) < 4.78 is 27.9. The second kappa shape index (κ2) is 6.79. The second-order valence-electron chi connectivity index (χ2n) is 5.37. The van der Waals surface area contributed by atoms with Crippen LogP contribution in [0.15, 0.2) is 17.1 Å². The third-order valence-corrected chi connectivity index (χ3v) is 3.90. The highest BCUT2D eigenvalue weighted by Gasteiger charge is 2.18. The Kier molecular flexibility index (Phi) is 5.06. The van der Waals surface area contributed by atoms with Gasteiger partial charge in [0.15, 0.2) is 0 Å². The van der Waals surface area contributed by atoms with E-state index in [0.29, 0.717) is 18.0 Å². The minimum Gasteiger partial charge on any atom is -0.390 e. The Hall–Kier alpha value is -1.49. The number of halogens is 2. The fourth-order valence-corrected chi connectivity index (χ4v) is 2.38. The van der Waals surface area contributed by atoms with Gasteiger partial charge in [-0.15, -0.1) is 0 Å². The van der Waals surface area contributed by atoms with E-state index >= 15 is 0 Å². The van der Waals surface area contributed by atoms with Gasteiger partial charge in [0.1, 0.15) is 11.6 Å². The minimum absolute atomic E-state index is 0.229. The summed E-state index contributed by atoms with van der Waals surface area (Å²) >= 11 is 0. The molecule has 0 bridgehead atoms. The summed E-state index contributed by atoms with van der Waals surface area (Å²) in [6.45, 7) is 2.90. The molecule has 1 unspecified atom stereocenters. The van der Waals surface area contributed by atoms with Crippen LogP contribution >= 0.6 is 0 Å². The molecule has 1 aromatic carbocycles. The van der Waals surface area contributed by atoms with Gasteiger partial charge in [-0.3, -0.25) is 4.99 Å². The number of hydrogen-bond acceptors (Lipinski definition) is 2. The lowest BCUT2D eigenvalue weighted by atomic mass is 9.85. The molecule has 1 aromatic rings. The molecule has 2 rings (SSSR count). The number of rotatable bonds is 6. The summed E-state index contributed by atoms with van der Waals surface area (Å²) in [7, 11) is 0. The smallest absolute Gasteiger partial charge is 0.129 e. The predicted octanol–water partition coefficient (Wildman–Crippen LogP) is 2.90. The SMILES string of the molecule is CC(N=CN)c1cc(F)c(CNCC2CCC2)cc1F. The molecule has 3 N–H and O–H groups in total. The lowest BCUT2D eigenvalue weighted by Crippen LogP contribution is -2.27. The van der Waals surface area contributed by atoms with E-state index in [2.05, 4.69) is 10.3 Å². The Morgan fingerprint density at radius 1 is 1.40 bits per heavy atom. The average molecular weight is 281 g/mol. The van der Waals surface area contributed by atoms with Gasteiger partial charge in [0.05, 0.1) is 12.4 Å². The number of benzene rings is 1. The Morgan fingerprint density at radius 3 is 2.75 bits per heavy atom. The van der Waals surface area contributed by atoms with Gasteiger partial charge in [-0.05, 0) is 44.4 Å². The standard InChI is InChI=1S/C15H21F2N3/c1-10(20-9-18)13-6-14(16)12(5-15(13)17)8-19-7-11-3-2-4-11/h5-6,9-11,19H,2-4,7-8H2,1H3,(H2,18,20). The molecular weight excluding hydrogens is 260 g/mol. The molecule has 0 saturated heterocycles. The largest absolute Gasteiger partial charge is 0.390 e. The van der Waals surface area contributed by atoms with Crippen LogP contribution in [0.4, 0.5) is 8.78 Å². The first-order valence-electron chi connectivity index (χ1n) is 7.03. The van der Waals surface area contributed by atoms with Crippen molar-refractivity contribution in [3.63, 3.8) is 0 Å². The van der Waals surface area contributed by atoms with Gasteiger partial charge in [-0.25, -0.2) is 8.78 Å². The molecule has 5 heteroatoms. The Bertz CT molecular complexity index is 484. The number of nitrogens with zero attached hydrogens (tertiary/aromatic N) is 1. The van der Waals surface area contributed by atoms with Crippen LogP contribution in [-0.4, -0.2) is 12.9 Å². The Balaban J connectivity index is 2.01. The van der Waals surface area contributed by atoms with E-state index in [1.165, 1.54) is 31.4 Å². The lowest BCUT2D eigenvalue weighted by molar-refractivity contribution is 0.300. The van der Waals surface area contributed by atoms with Crippen LogP contribution in [0.25, 0.3) is 0 Å². The van der Waals surface area contributed by atoms with Crippen molar-refractivity contribution in [3.05, 3.63) is 34.9 Å². The van der Waals surface area contributed by atoms with Crippen molar-refractivity contribution in [2.75, 3.05) is 6.54 Å². The molecule has 0 aliphatic heterocycles. The zero-order valence-corrected chi connectivity index (χ0v) is 11.7. The molecule has 20 heavy (non-hydrogen) atoms. The maximum Gasteiger partial charge on any atom is 0.129 e. The van der Waals surface area contributed by atoms with E-state index in [1.807, 2.05) is 0 Å². The van der Waals surface area contributed by atoms with Gasteiger partial charge in [-0.2, -0.15) is 0 Å². The summed E-state index contributed by atoms with van der Waals surface area (Å²) in [6, 6.07) is 1.99. The van der Waals surface area contributed by atoms with Crippen LogP contribution in [0.1, 0.15) is 43.4 Å². The minimum atomic E-state index is -0.480. The molecule has 3 nitrogen and oxygen atoms in total. The lowest BCUT2D eigenvalue weighted by Gasteiger charge is -2.25. The molecular formula is C15H21F2N3. The van der Waals surface area contributed by atoms with E-state index in [0.717, 1.165) is 12.9 Å². The van der Waals surface area contributed by atoms with Gasteiger partial charge in [0, 0.05) is 17.7 Å². The van der Waals surface area contributed by atoms with Crippen LogP contribution in [0.2, 0.25) is 0 Å². The number of aliphatic imine (C=N–C) groups is 1. The highest BCUT2D eigenvalue weighted by molar-refractivity contribution is 5.52. The second-order valence-corrected chi connectivity index (χ2v) is 5.37. The molecule has 0 amide bonds. The maximum atomic E-state index is 14.0. The van der Waals surface area contributed by atoms with Crippen molar-refractivity contribution in [2.45, 2.75) is 38.8 Å². The van der Waals surface area contributed by atoms with Gasteiger partial charge >= 0.3 is 0 Å². The molecule has 0 spiro atoms. The maximum absolute atomic E-state index is 14.0. The van der Waals surface area contributed by atoms with Crippen LogP contribution in [0.5, 0.6) is 0 Å². The fourth-order valence-electron chi connectivity index (χ4n) is 2.38. The summed E-state index contributed by atoms with van der Waals surface area (Å²) in [5.41, 5.74) is 5.76. The van der Waals surface area contributed by atoms with Crippen LogP contribution < -0.4 is 11.1 Å². The average Bonchev–Trinajstić information content (AvgIpc) is 2.36. The predicted molar refractivity (Wildman–Crippen MR) is 76.5 cm³/mol. The summed E-state index contributed by atoms with van der Waals surface area (Å²) in [4.78, 5) is 3.86. The summed E-state index contributed by atoms with van der Waals surface area (Å²) in [5.74, 6) is -0.146. The molecule has 0 radical (unpaired) electrons. The van der Waals surface area contributed by atoms with E-state index in [-0.39, 0.29) is 5.56 Å². The van der Waals surface area contributed by atoms with Crippen molar-refractivity contribution < 1.29 is 8.78 Å². The highest BCUT2D eigenvalue weighted by atomic mass is 19.1. The monoisotopic (exact) mass is 281 g/mol. The molecule has 110 valence electrons.